The van der Waals surface area contributed by atoms with E-state index in [4.69, 9.17) is 5.11 Å². The standard InChI is InChI=1S/C9H7NO2S/c1-5-4-13-8-6(5)2-3-10-7(8)9(11)12/h2-4H,1H3,(H,11,12). The van der Waals surface area contributed by atoms with E-state index in [1.165, 1.54) is 17.5 Å². The molecule has 4 heteroatoms. The molecule has 0 saturated heterocycles. The van der Waals surface area contributed by atoms with E-state index in [0.29, 0.717) is 0 Å². The molecule has 0 aromatic carbocycles. The van der Waals surface area contributed by atoms with E-state index in [9.17, 15) is 4.79 Å². The highest BCUT2D eigenvalue weighted by Crippen LogP contribution is 2.26. The molecule has 0 aliphatic heterocycles. The number of carbonyl (C=O) groups is 1. The smallest absolute Gasteiger partial charge is 0.355 e. The van der Waals surface area contributed by atoms with Crippen LogP contribution in [0.1, 0.15) is 16.1 Å². The quantitative estimate of drug-likeness (QED) is 0.756. The number of pyridine rings is 1. The fourth-order valence-electron chi connectivity index (χ4n) is 1.24. The van der Waals surface area contributed by atoms with E-state index in [-0.39, 0.29) is 5.69 Å². The lowest BCUT2D eigenvalue weighted by molar-refractivity contribution is 0.0693. The summed E-state index contributed by atoms with van der Waals surface area (Å²) < 4.78 is 0.757. The second kappa shape index (κ2) is 2.81. The van der Waals surface area contributed by atoms with E-state index in [0.717, 1.165) is 15.6 Å². The number of fused-ring (bicyclic) bond motifs is 1. The highest BCUT2D eigenvalue weighted by atomic mass is 32.1. The number of carboxylic acids is 1. The molecule has 2 aromatic rings. The molecule has 0 spiro atoms. The van der Waals surface area contributed by atoms with Crippen LogP contribution in [0.15, 0.2) is 17.6 Å². The van der Waals surface area contributed by atoms with Crippen molar-refractivity contribution in [1.82, 2.24) is 4.98 Å². The van der Waals surface area contributed by atoms with Crippen LogP contribution in [-0.4, -0.2) is 16.1 Å². The van der Waals surface area contributed by atoms with Crippen molar-refractivity contribution in [2.45, 2.75) is 6.92 Å². The maximum atomic E-state index is 10.8. The molecule has 0 radical (unpaired) electrons. The maximum absolute atomic E-state index is 10.8. The minimum atomic E-state index is -0.965. The Kier molecular flexibility index (Phi) is 1.77. The third-order valence-corrected chi connectivity index (χ3v) is 3.01. The van der Waals surface area contributed by atoms with Crippen molar-refractivity contribution in [3.05, 3.63) is 28.9 Å². The minimum absolute atomic E-state index is 0.149. The predicted molar refractivity (Wildman–Crippen MR) is 51.3 cm³/mol. The molecule has 2 aromatic heterocycles. The first kappa shape index (κ1) is 8.19. The number of hydrogen-bond acceptors (Lipinski definition) is 3. The van der Waals surface area contributed by atoms with E-state index in [1.807, 2.05) is 18.4 Å². The molecule has 3 nitrogen and oxygen atoms in total. The first-order chi connectivity index (χ1) is 6.20. The summed E-state index contributed by atoms with van der Waals surface area (Å²) in [5, 5.41) is 11.8. The number of aromatic nitrogens is 1. The highest BCUT2D eigenvalue weighted by Gasteiger charge is 2.11. The average Bonchev–Trinajstić information content (AvgIpc) is 2.48. The lowest BCUT2D eigenvalue weighted by atomic mass is 10.2. The zero-order chi connectivity index (χ0) is 9.42. The first-order valence-corrected chi connectivity index (χ1v) is 4.64. The van der Waals surface area contributed by atoms with Gasteiger partial charge in [-0.1, -0.05) is 0 Å². The van der Waals surface area contributed by atoms with E-state index >= 15 is 0 Å². The molecule has 1 N–H and O–H groups in total. The molecule has 0 unspecified atom stereocenters. The number of carboxylic acid groups (broad SMARTS) is 1. The zero-order valence-electron chi connectivity index (χ0n) is 6.94. The van der Waals surface area contributed by atoms with Gasteiger partial charge in [-0.25, -0.2) is 9.78 Å². The van der Waals surface area contributed by atoms with Crippen LogP contribution < -0.4 is 0 Å². The van der Waals surface area contributed by atoms with Gasteiger partial charge in [0, 0.05) is 6.20 Å². The topological polar surface area (TPSA) is 50.2 Å². The van der Waals surface area contributed by atoms with Crippen molar-refractivity contribution in [2.75, 3.05) is 0 Å². The summed E-state index contributed by atoms with van der Waals surface area (Å²) in [4.78, 5) is 14.6. The molecule has 0 bridgehead atoms. The van der Waals surface area contributed by atoms with E-state index in [1.54, 1.807) is 0 Å². The van der Waals surface area contributed by atoms with Gasteiger partial charge in [0.05, 0.1) is 4.70 Å². The normalized spacial score (nSPS) is 10.5. The monoisotopic (exact) mass is 193 g/mol. The van der Waals surface area contributed by atoms with Crippen molar-refractivity contribution < 1.29 is 9.90 Å². The molecule has 2 rings (SSSR count). The van der Waals surface area contributed by atoms with Crippen molar-refractivity contribution in [3.8, 4) is 0 Å². The number of rotatable bonds is 1. The van der Waals surface area contributed by atoms with Crippen molar-refractivity contribution >= 4 is 27.4 Å². The Morgan fingerprint density at radius 2 is 2.38 bits per heavy atom. The third kappa shape index (κ3) is 1.19. The van der Waals surface area contributed by atoms with Crippen LogP contribution in [0.25, 0.3) is 10.1 Å². The second-order valence-electron chi connectivity index (χ2n) is 2.76. The van der Waals surface area contributed by atoms with Crippen LogP contribution in [0, 0.1) is 6.92 Å². The third-order valence-electron chi connectivity index (χ3n) is 1.89. The fourth-order valence-corrected chi connectivity index (χ4v) is 2.27. The minimum Gasteiger partial charge on any atom is -0.476 e. The molecule has 0 aliphatic rings. The Bertz CT molecular complexity index is 475. The summed E-state index contributed by atoms with van der Waals surface area (Å²) in [6.45, 7) is 1.96. The number of aryl methyl sites for hydroxylation is 1. The number of aromatic carboxylic acids is 1. The Morgan fingerprint density at radius 1 is 1.62 bits per heavy atom. The van der Waals surface area contributed by atoms with Crippen LogP contribution in [0.4, 0.5) is 0 Å². The fraction of sp³-hybridized carbons (Fsp3) is 0.111. The number of thiophene rings is 1. The molecule has 0 aliphatic carbocycles. The lowest BCUT2D eigenvalue weighted by Gasteiger charge is -1.95. The van der Waals surface area contributed by atoms with Crippen molar-refractivity contribution in [1.29, 1.82) is 0 Å². The van der Waals surface area contributed by atoms with Crippen molar-refractivity contribution in [3.63, 3.8) is 0 Å². The summed E-state index contributed by atoms with van der Waals surface area (Å²) in [7, 11) is 0. The number of nitrogens with zero attached hydrogens (tertiary/aromatic N) is 1. The van der Waals surface area contributed by atoms with Gasteiger partial charge in [-0.2, -0.15) is 0 Å². The van der Waals surface area contributed by atoms with Crippen LogP contribution in [0.3, 0.4) is 0 Å². The summed E-state index contributed by atoms with van der Waals surface area (Å²) in [6, 6.07) is 1.84. The zero-order valence-corrected chi connectivity index (χ0v) is 7.76. The molecular formula is C9H7NO2S. The van der Waals surface area contributed by atoms with Crippen LogP contribution in [-0.2, 0) is 0 Å². The molecule has 2 heterocycles. The molecular weight excluding hydrogens is 186 g/mol. The molecule has 66 valence electrons. The highest BCUT2D eigenvalue weighted by molar-refractivity contribution is 7.17. The largest absolute Gasteiger partial charge is 0.476 e. The molecule has 0 saturated carbocycles. The van der Waals surface area contributed by atoms with Crippen LogP contribution in [0.2, 0.25) is 0 Å². The average molecular weight is 193 g/mol. The van der Waals surface area contributed by atoms with Crippen molar-refractivity contribution in [2.24, 2.45) is 0 Å². The van der Waals surface area contributed by atoms with Gasteiger partial charge in [0.15, 0.2) is 5.69 Å². The first-order valence-electron chi connectivity index (χ1n) is 3.76. The molecule has 0 fully saturated rings. The SMILES string of the molecule is Cc1csc2c(C(=O)O)nccc12. The predicted octanol–water partition coefficient (Wildman–Crippen LogP) is 2.30. The summed E-state index contributed by atoms with van der Waals surface area (Å²) in [5.41, 5.74) is 1.25. The molecule has 0 atom stereocenters. The van der Waals surface area contributed by atoms with Gasteiger partial charge in [-0.05, 0) is 29.3 Å². The van der Waals surface area contributed by atoms with Gasteiger partial charge < -0.3 is 5.11 Å². The molecule has 0 amide bonds. The Morgan fingerprint density at radius 3 is 3.08 bits per heavy atom. The maximum Gasteiger partial charge on any atom is 0.355 e. The summed E-state index contributed by atoms with van der Waals surface area (Å²) in [6.07, 6.45) is 1.53. The summed E-state index contributed by atoms with van der Waals surface area (Å²) in [5.74, 6) is -0.965. The van der Waals surface area contributed by atoms with Gasteiger partial charge in [0.25, 0.3) is 0 Å². The Balaban J connectivity index is 2.84. The summed E-state index contributed by atoms with van der Waals surface area (Å²) >= 11 is 1.43. The van der Waals surface area contributed by atoms with Gasteiger partial charge in [-0.3, -0.25) is 0 Å². The van der Waals surface area contributed by atoms with Gasteiger partial charge in [0.2, 0.25) is 0 Å². The van der Waals surface area contributed by atoms with E-state index < -0.39 is 5.97 Å². The second-order valence-corrected chi connectivity index (χ2v) is 3.64. The van der Waals surface area contributed by atoms with Gasteiger partial charge in [-0.15, -0.1) is 11.3 Å². The van der Waals surface area contributed by atoms with Gasteiger partial charge >= 0.3 is 5.97 Å². The van der Waals surface area contributed by atoms with E-state index in [2.05, 4.69) is 4.98 Å². The van der Waals surface area contributed by atoms with Gasteiger partial charge in [0.1, 0.15) is 0 Å². The van der Waals surface area contributed by atoms with Crippen LogP contribution >= 0.6 is 11.3 Å². The lowest BCUT2D eigenvalue weighted by Crippen LogP contribution is -1.99. The Hall–Kier alpha value is -1.42. The molecule has 13 heavy (non-hydrogen) atoms. The number of hydrogen-bond donors (Lipinski definition) is 1. The van der Waals surface area contributed by atoms with Crippen LogP contribution in [0.5, 0.6) is 0 Å². The Labute approximate surface area is 78.7 Å².